The summed E-state index contributed by atoms with van der Waals surface area (Å²) in [5, 5.41) is 0.459. The molecule has 0 atom stereocenters. The van der Waals surface area contributed by atoms with Crippen molar-refractivity contribution >= 4 is 39.1 Å². The average molecular weight is 290 g/mol. The maximum Gasteiger partial charge on any atom is 0.285 e. The fourth-order valence-electron chi connectivity index (χ4n) is 1.21. The maximum atomic E-state index is 11.2. The van der Waals surface area contributed by atoms with E-state index in [-0.39, 0.29) is 5.69 Å². The summed E-state index contributed by atoms with van der Waals surface area (Å²) in [5.74, 6) is 4.55. The highest BCUT2D eigenvalue weighted by atomic mass is 79.9. The topological polar surface area (TPSA) is 72.4 Å². The van der Waals surface area contributed by atoms with Gasteiger partial charge in [-0.2, -0.15) is 0 Å². The monoisotopic (exact) mass is 288 g/mol. The third kappa shape index (κ3) is 1.83. The van der Waals surface area contributed by atoms with Gasteiger partial charge in [0.25, 0.3) is 5.91 Å². The molecule has 2 aromatic rings. The highest BCUT2D eigenvalue weighted by Crippen LogP contribution is 2.21. The predicted molar refractivity (Wildman–Crippen MR) is 59.6 cm³/mol. The lowest BCUT2D eigenvalue weighted by Crippen LogP contribution is -2.30. The normalized spacial score (nSPS) is 10.6. The molecular weight excluding hydrogens is 283 g/mol. The molecule has 0 aromatic carbocycles. The molecule has 0 radical (unpaired) electrons. The van der Waals surface area contributed by atoms with Crippen molar-refractivity contribution in [3.8, 4) is 0 Å². The zero-order valence-corrected chi connectivity index (χ0v) is 9.71. The van der Waals surface area contributed by atoms with Gasteiger partial charge in [-0.3, -0.25) is 10.2 Å². The standard InChI is InChI=1S/C8H6BrClN4O/c9-4-1-5(10)7-12-6(8(15)13-11)3-14(7)2-4/h1-3H,11H2,(H,13,15). The number of hydrogen-bond donors (Lipinski definition) is 2. The number of aromatic nitrogens is 2. The number of nitrogen functional groups attached to an aromatic ring is 1. The minimum Gasteiger partial charge on any atom is -0.304 e. The third-order valence-electron chi connectivity index (χ3n) is 1.84. The van der Waals surface area contributed by atoms with Crippen molar-refractivity contribution in [3.63, 3.8) is 0 Å². The molecule has 0 fully saturated rings. The molecule has 0 bridgehead atoms. The summed E-state index contributed by atoms with van der Waals surface area (Å²) >= 11 is 9.24. The molecule has 0 spiro atoms. The van der Waals surface area contributed by atoms with Gasteiger partial charge in [-0.05, 0) is 22.0 Å². The van der Waals surface area contributed by atoms with Crippen LogP contribution in [-0.4, -0.2) is 15.3 Å². The summed E-state index contributed by atoms with van der Waals surface area (Å²) in [5.41, 5.74) is 2.74. The highest BCUT2D eigenvalue weighted by Gasteiger charge is 2.11. The first-order valence-corrected chi connectivity index (χ1v) is 5.13. The Hall–Kier alpha value is -1.11. The molecule has 5 nitrogen and oxygen atoms in total. The van der Waals surface area contributed by atoms with E-state index in [1.54, 1.807) is 22.9 Å². The highest BCUT2D eigenvalue weighted by molar-refractivity contribution is 9.10. The second-order valence-corrected chi connectivity index (χ2v) is 4.16. The van der Waals surface area contributed by atoms with Gasteiger partial charge >= 0.3 is 0 Å². The first kappa shape index (κ1) is 10.4. The van der Waals surface area contributed by atoms with Gasteiger partial charge in [0.1, 0.15) is 5.69 Å². The van der Waals surface area contributed by atoms with Crippen molar-refractivity contribution in [2.75, 3.05) is 0 Å². The van der Waals surface area contributed by atoms with E-state index < -0.39 is 5.91 Å². The molecule has 7 heteroatoms. The number of nitrogens with one attached hydrogen (secondary N) is 1. The molecular formula is C8H6BrClN4O. The SMILES string of the molecule is NNC(=O)c1cn2cc(Br)cc(Cl)c2n1. The van der Waals surface area contributed by atoms with Crippen LogP contribution in [0.4, 0.5) is 0 Å². The predicted octanol–water partition coefficient (Wildman–Crippen LogP) is 1.35. The van der Waals surface area contributed by atoms with E-state index in [0.717, 1.165) is 4.47 Å². The van der Waals surface area contributed by atoms with Crippen LogP contribution in [0.2, 0.25) is 5.02 Å². The average Bonchev–Trinajstić information content (AvgIpc) is 2.60. The van der Waals surface area contributed by atoms with Crippen LogP contribution < -0.4 is 11.3 Å². The van der Waals surface area contributed by atoms with Gasteiger partial charge in [0.05, 0.1) is 5.02 Å². The van der Waals surface area contributed by atoms with Gasteiger partial charge in [0.15, 0.2) is 5.65 Å². The van der Waals surface area contributed by atoms with Gasteiger partial charge < -0.3 is 4.40 Å². The Morgan fingerprint density at radius 3 is 3.00 bits per heavy atom. The number of hydrazine groups is 1. The summed E-state index contributed by atoms with van der Waals surface area (Å²) < 4.78 is 2.45. The van der Waals surface area contributed by atoms with Gasteiger partial charge in [-0.15, -0.1) is 0 Å². The number of carbonyl (C=O) groups excluding carboxylic acids is 1. The molecule has 0 unspecified atom stereocenters. The van der Waals surface area contributed by atoms with Crippen molar-refractivity contribution in [2.45, 2.75) is 0 Å². The summed E-state index contributed by atoms with van der Waals surface area (Å²) in [4.78, 5) is 15.3. The zero-order chi connectivity index (χ0) is 11.0. The van der Waals surface area contributed by atoms with E-state index >= 15 is 0 Å². The number of hydrogen-bond acceptors (Lipinski definition) is 3. The van der Waals surface area contributed by atoms with Crippen molar-refractivity contribution in [3.05, 3.63) is 33.6 Å². The van der Waals surface area contributed by atoms with E-state index in [0.29, 0.717) is 10.7 Å². The van der Waals surface area contributed by atoms with Crippen LogP contribution >= 0.6 is 27.5 Å². The molecule has 15 heavy (non-hydrogen) atoms. The van der Waals surface area contributed by atoms with Crippen molar-refractivity contribution < 1.29 is 4.79 Å². The maximum absolute atomic E-state index is 11.2. The van der Waals surface area contributed by atoms with E-state index in [9.17, 15) is 4.79 Å². The van der Waals surface area contributed by atoms with E-state index in [1.165, 1.54) is 0 Å². The Balaban J connectivity index is 2.65. The van der Waals surface area contributed by atoms with E-state index in [2.05, 4.69) is 20.9 Å². The lowest BCUT2D eigenvalue weighted by molar-refractivity contribution is 0.0949. The quantitative estimate of drug-likeness (QED) is 0.473. The Kier molecular flexibility index (Phi) is 2.64. The third-order valence-corrected chi connectivity index (χ3v) is 2.55. The molecule has 0 saturated carbocycles. The van der Waals surface area contributed by atoms with Gasteiger partial charge in [-0.1, -0.05) is 11.6 Å². The Labute approximate surface area is 98.3 Å². The van der Waals surface area contributed by atoms with E-state index in [4.69, 9.17) is 17.4 Å². The van der Waals surface area contributed by atoms with Crippen LogP contribution in [0, 0.1) is 0 Å². The van der Waals surface area contributed by atoms with Gasteiger partial charge in [-0.25, -0.2) is 10.8 Å². The minimum absolute atomic E-state index is 0.220. The molecule has 2 heterocycles. The number of nitrogens with zero attached hydrogens (tertiary/aromatic N) is 2. The summed E-state index contributed by atoms with van der Waals surface area (Å²) in [6.07, 6.45) is 3.30. The Bertz CT molecular complexity index is 539. The smallest absolute Gasteiger partial charge is 0.285 e. The molecule has 1 amide bonds. The van der Waals surface area contributed by atoms with Crippen LogP contribution in [0.15, 0.2) is 22.9 Å². The fraction of sp³-hybridized carbons (Fsp3) is 0. The molecule has 78 valence electrons. The number of nitrogens with two attached hydrogens (primary N) is 1. The molecule has 0 aliphatic carbocycles. The summed E-state index contributed by atoms with van der Waals surface area (Å²) in [7, 11) is 0. The second kappa shape index (κ2) is 3.80. The number of carbonyl (C=O) groups is 1. The van der Waals surface area contributed by atoms with Crippen LogP contribution in [-0.2, 0) is 0 Å². The van der Waals surface area contributed by atoms with Crippen molar-refractivity contribution in [1.82, 2.24) is 14.8 Å². The van der Waals surface area contributed by atoms with Gasteiger partial charge in [0, 0.05) is 16.9 Å². The number of fused-ring (bicyclic) bond motifs is 1. The largest absolute Gasteiger partial charge is 0.304 e. The van der Waals surface area contributed by atoms with Crippen LogP contribution in [0.1, 0.15) is 10.5 Å². The lowest BCUT2D eigenvalue weighted by Gasteiger charge is -1.96. The Morgan fingerprint density at radius 1 is 1.60 bits per heavy atom. The molecule has 0 saturated heterocycles. The van der Waals surface area contributed by atoms with Crippen molar-refractivity contribution in [1.29, 1.82) is 0 Å². The van der Waals surface area contributed by atoms with Crippen LogP contribution in [0.25, 0.3) is 5.65 Å². The zero-order valence-electron chi connectivity index (χ0n) is 7.37. The number of amides is 1. The Morgan fingerprint density at radius 2 is 2.33 bits per heavy atom. The molecule has 3 N–H and O–H groups in total. The van der Waals surface area contributed by atoms with Crippen molar-refractivity contribution in [2.24, 2.45) is 5.84 Å². The van der Waals surface area contributed by atoms with Gasteiger partial charge in [0.2, 0.25) is 0 Å². The van der Waals surface area contributed by atoms with E-state index in [1.807, 2.05) is 5.43 Å². The number of imidazole rings is 1. The first-order valence-electron chi connectivity index (χ1n) is 3.96. The fourth-order valence-corrected chi connectivity index (χ4v) is 2.05. The molecule has 2 rings (SSSR count). The molecule has 2 aromatic heterocycles. The number of rotatable bonds is 1. The number of halogens is 2. The summed E-state index contributed by atoms with van der Waals surface area (Å²) in [6.45, 7) is 0. The minimum atomic E-state index is -0.453. The number of pyridine rings is 1. The molecule has 0 aliphatic heterocycles. The summed E-state index contributed by atoms with van der Waals surface area (Å²) in [6, 6.07) is 1.70. The van der Waals surface area contributed by atoms with Crippen LogP contribution in [0.3, 0.4) is 0 Å². The van der Waals surface area contributed by atoms with Crippen LogP contribution in [0.5, 0.6) is 0 Å². The first-order chi connectivity index (χ1) is 7.11. The second-order valence-electron chi connectivity index (χ2n) is 2.84. The molecule has 0 aliphatic rings. The lowest BCUT2D eigenvalue weighted by atomic mass is 10.5.